The number of carbonyl (C=O) groups is 2. The van der Waals surface area contributed by atoms with Crippen molar-refractivity contribution in [3.8, 4) is 5.75 Å². The predicted octanol–water partition coefficient (Wildman–Crippen LogP) is 5.77. The van der Waals surface area contributed by atoms with E-state index in [1.807, 2.05) is 43.0 Å². The van der Waals surface area contributed by atoms with Crippen molar-refractivity contribution < 1.29 is 14.3 Å². The Morgan fingerprint density at radius 3 is 2.71 bits per heavy atom. The summed E-state index contributed by atoms with van der Waals surface area (Å²) in [5, 5.41) is 2.58. The number of hydrogen-bond acceptors (Lipinski definition) is 4. The van der Waals surface area contributed by atoms with Gasteiger partial charge in [0, 0.05) is 28.6 Å². The van der Waals surface area contributed by atoms with Crippen LogP contribution in [0.25, 0.3) is 0 Å². The summed E-state index contributed by atoms with van der Waals surface area (Å²) in [5.74, 6) is 0.528. The Balaban J connectivity index is 1.51. The standard InChI is InChI=1S/C27H29ClN2O3S/c1-3-13-29(27(32)20-5-4-6-21(28)16-20)17-26(31)30-14-11-25-23(12-15-34-25)24(30)18-33-22-9-7-19(2)8-10-22/h4-10,12,15-16,24H,3,11,13-14,17-18H2,1-2H3. The van der Waals surface area contributed by atoms with Crippen LogP contribution < -0.4 is 4.74 Å². The second-order valence-corrected chi connectivity index (χ2v) is 9.95. The van der Waals surface area contributed by atoms with Gasteiger partial charge in [0.25, 0.3) is 5.91 Å². The summed E-state index contributed by atoms with van der Waals surface area (Å²) in [5.41, 5.74) is 2.80. The molecule has 1 aromatic heterocycles. The Kier molecular flexibility index (Phi) is 7.91. The molecule has 0 fully saturated rings. The summed E-state index contributed by atoms with van der Waals surface area (Å²) in [6, 6.07) is 16.7. The molecule has 2 amide bonds. The second kappa shape index (κ2) is 11.1. The molecule has 1 unspecified atom stereocenters. The van der Waals surface area contributed by atoms with Crippen molar-refractivity contribution in [1.82, 2.24) is 9.80 Å². The number of fused-ring (bicyclic) bond motifs is 1. The fraction of sp³-hybridized carbons (Fsp3) is 0.333. The smallest absolute Gasteiger partial charge is 0.254 e. The molecule has 0 aliphatic carbocycles. The molecular formula is C27H29ClN2O3S. The number of halogens is 1. The number of aryl methyl sites for hydroxylation is 1. The van der Waals surface area contributed by atoms with Gasteiger partial charge < -0.3 is 14.5 Å². The summed E-state index contributed by atoms with van der Waals surface area (Å²) >= 11 is 7.81. The molecule has 1 aliphatic rings. The highest BCUT2D eigenvalue weighted by atomic mass is 35.5. The summed E-state index contributed by atoms with van der Waals surface area (Å²) in [4.78, 5) is 31.5. The Bertz CT molecular complexity index is 1140. The molecule has 4 rings (SSSR count). The maximum Gasteiger partial charge on any atom is 0.254 e. The summed E-state index contributed by atoms with van der Waals surface area (Å²) < 4.78 is 6.11. The molecule has 1 aliphatic heterocycles. The fourth-order valence-electron chi connectivity index (χ4n) is 4.26. The molecule has 0 radical (unpaired) electrons. The fourth-order valence-corrected chi connectivity index (χ4v) is 5.38. The van der Waals surface area contributed by atoms with Gasteiger partial charge in [-0.1, -0.05) is 42.3 Å². The van der Waals surface area contributed by atoms with Crippen LogP contribution in [0.1, 0.15) is 45.7 Å². The quantitative estimate of drug-likeness (QED) is 0.398. The average Bonchev–Trinajstić information content (AvgIpc) is 3.32. The van der Waals surface area contributed by atoms with Gasteiger partial charge in [0.1, 0.15) is 18.9 Å². The number of amides is 2. The molecule has 5 nitrogen and oxygen atoms in total. The zero-order valence-electron chi connectivity index (χ0n) is 19.5. The molecule has 1 atom stereocenters. The van der Waals surface area contributed by atoms with E-state index in [1.165, 1.54) is 10.4 Å². The van der Waals surface area contributed by atoms with Crippen LogP contribution in [0.5, 0.6) is 5.75 Å². The van der Waals surface area contributed by atoms with Crippen LogP contribution in [0.4, 0.5) is 0 Å². The SMILES string of the molecule is CCCN(CC(=O)N1CCc2sccc2C1COc1ccc(C)cc1)C(=O)c1cccc(Cl)c1. The van der Waals surface area contributed by atoms with Gasteiger partial charge in [0.05, 0.1) is 6.04 Å². The van der Waals surface area contributed by atoms with E-state index >= 15 is 0 Å². The molecule has 3 aromatic rings. The molecule has 7 heteroatoms. The average molecular weight is 497 g/mol. The van der Waals surface area contributed by atoms with Crippen LogP contribution in [0.2, 0.25) is 5.02 Å². The molecule has 2 heterocycles. The Labute approximate surface area is 209 Å². The number of rotatable bonds is 8. The van der Waals surface area contributed by atoms with Gasteiger partial charge in [0.15, 0.2) is 0 Å². The van der Waals surface area contributed by atoms with Gasteiger partial charge in [-0.15, -0.1) is 11.3 Å². The van der Waals surface area contributed by atoms with Gasteiger partial charge in [0.2, 0.25) is 5.91 Å². The summed E-state index contributed by atoms with van der Waals surface area (Å²) in [6.07, 6.45) is 1.57. The lowest BCUT2D eigenvalue weighted by Crippen LogP contribution is -2.48. The highest BCUT2D eigenvalue weighted by Gasteiger charge is 2.33. The lowest BCUT2D eigenvalue weighted by molar-refractivity contribution is -0.135. The third-order valence-corrected chi connectivity index (χ3v) is 7.25. The molecule has 178 valence electrons. The number of thiophene rings is 1. The molecule has 0 saturated carbocycles. The van der Waals surface area contributed by atoms with E-state index in [9.17, 15) is 9.59 Å². The molecule has 0 saturated heterocycles. The van der Waals surface area contributed by atoms with Crippen molar-refractivity contribution in [3.05, 3.63) is 86.6 Å². The van der Waals surface area contributed by atoms with E-state index in [1.54, 1.807) is 40.5 Å². The summed E-state index contributed by atoms with van der Waals surface area (Å²) in [6.45, 7) is 5.54. The van der Waals surface area contributed by atoms with Gasteiger partial charge in [-0.05, 0) is 67.1 Å². The van der Waals surface area contributed by atoms with Crippen LogP contribution in [-0.2, 0) is 11.2 Å². The Morgan fingerprint density at radius 1 is 1.18 bits per heavy atom. The maximum atomic E-state index is 13.5. The monoisotopic (exact) mass is 496 g/mol. The number of hydrogen-bond donors (Lipinski definition) is 0. The minimum Gasteiger partial charge on any atom is -0.491 e. The molecule has 34 heavy (non-hydrogen) atoms. The van der Waals surface area contributed by atoms with E-state index in [4.69, 9.17) is 16.3 Å². The first-order chi connectivity index (χ1) is 16.5. The minimum atomic E-state index is -0.187. The third kappa shape index (κ3) is 5.62. The molecule has 2 aromatic carbocycles. The maximum absolute atomic E-state index is 13.5. The van der Waals surface area contributed by atoms with E-state index in [2.05, 4.69) is 11.4 Å². The lowest BCUT2D eigenvalue weighted by atomic mass is 10.0. The zero-order valence-corrected chi connectivity index (χ0v) is 21.1. The second-order valence-electron chi connectivity index (χ2n) is 8.51. The van der Waals surface area contributed by atoms with Gasteiger partial charge >= 0.3 is 0 Å². The van der Waals surface area contributed by atoms with Crippen molar-refractivity contribution in [3.63, 3.8) is 0 Å². The van der Waals surface area contributed by atoms with Gasteiger partial charge in [-0.3, -0.25) is 9.59 Å². The Morgan fingerprint density at radius 2 is 1.97 bits per heavy atom. The van der Waals surface area contributed by atoms with Crippen molar-refractivity contribution in [1.29, 1.82) is 0 Å². The van der Waals surface area contributed by atoms with Crippen LogP contribution in [-0.4, -0.2) is 47.9 Å². The molecule has 0 N–H and O–H groups in total. The number of carbonyl (C=O) groups excluding carboxylic acids is 2. The van der Waals surface area contributed by atoms with Crippen molar-refractivity contribution in [2.45, 2.75) is 32.7 Å². The molecular weight excluding hydrogens is 468 g/mol. The first kappa shape index (κ1) is 24.3. The summed E-state index contributed by atoms with van der Waals surface area (Å²) in [7, 11) is 0. The molecule has 0 bridgehead atoms. The molecule has 0 spiro atoms. The van der Waals surface area contributed by atoms with Crippen molar-refractivity contribution >= 4 is 34.8 Å². The first-order valence-corrected chi connectivity index (χ1v) is 12.8. The van der Waals surface area contributed by atoms with Gasteiger partial charge in [-0.25, -0.2) is 0 Å². The first-order valence-electron chi connectivity index (χ1n) is 11.6. The Hall–Kier alpha value is -2.83. The van der Waals surface area contributed by atoms with Crippen LogP contribution in [0.3, 0.4) is 0 Å². The van der Waals surface area contributed by atoms with E-state index in [-0.39, 0.29) is 24.4 Å². The van der Waals surface area contributed by atoms with Crippen LogP contribution >= 0.6 is 22.9 Å². The largest absolute Gasteiger partial charge is 0.491 e. The normalized spacial score (nSPS) is 15.0. The zero-order chi connectivity index (χ0) is 24.1. The van der Waals surface area contributed by atoms with Crippen LogP contribution in [0, 0.1) is 6.92 Å². The highest BCUT2D eigenvalue weighted by Crippen LogP contribution is 2.34. The van der Waals surface area contributed by atoms with Crippen molar-refractivity contribution in [2.24, 2.45) is 0 Å². The third-order valence-electron chi connectivity index (χ3n) is 6.02. The van der Waals surface area contributed by atoms with E-state index in [0.29, 0.717) is 30.3 Å². The van der Waals surface area contributed by atoms with Crippen LogP contribution in [0.15, 0.2) is 60.0 Å². The lowest BCUT2D eigenvalue weighted by Gasteiger charge is -2.37. The van der Waals surface area contributed by atoms with E-state index < -0.39 is 0 Å². The van der Waals surface area contributed by atoms with E-state index in [0.717, 1.165) is 24.2 Å². The number of benzene rings is 2. The van der Waals surface area contributed by atoms with Gasteiger partial charge in [-0.2, -0.15) is 0 Å². The minimum absolute atomic E-state index is 0.0275. The topological polar surface area (TPSA) is 49.9 Å². The van der Waals surface area contributed by atoms with Crippen molar-refractivity contribution in [2.75, 3.05) is 26.2 Å². The number of ether oxygens (including phenoxy) is 1. The highest BCUT2D eigenvalue weighted by molar-refractivity contribution is 7.10. The number of nitrogens with zero attached hydrogens (tertiary/aromatic N) is 2. The predicted molar refractivity (Wildman–Crippen MR) is 137 cm³/mol.